The molecule has 1 amide bonds. The summed E-state index contributed by atoms with van der Waals surface area (Å²) >= 11 is 0. The number of hydrogen-bond donors (Lipinski definition) is 0. The normalized spacial score (nSPS) is 19.9. The van der Waals surface area contributed by atoms with E-state index in [2.05, 4.69) is 0 Å². The summed E-state index contributed by atoms with van der Waals surface area (Å²) in [4.78, 5) is 25.5. The Bertz CT molecular complexity index is 427. The molecule has 3 nitrogen and oxygen atoms in total. The Morgan fingerprint density at radius 3 is 2.78 bits per heavy atom. The standard InChI is InChI=1S/C15H19NO2/c1-12-6-5-9-16(15(12)18)11-14(17)10-13-7-3-2-4-8-13/h2-4,7-8,12H,5-6,9-11H2,1H3. The molecule has 96 valence electrons. The SMILES string of the molecule is CC1CCCN(CC(=O)Cc2ccccc2)C1=O. The van der Waals surface area contributed by atoms with Gasteiger partial charge in [-0.1, -0.05) is 37.3 Å². The average Bonchev–Trinajstić information content (AvgIpc) is 2.36. The number of piperidine rings is 1. The molecule has 1 aliphatic rings. The second-order valence-corrected chi connectivity index (χ2v) is 5.00. The van der Waals surface area contributed by atoms with Gasteiger partial charge in [0, 0.05) is 18.9 Å². The van der Waals surface area contributed by atoms with Crippen LogP contribution in [0.25, 0.3) is 0 Å². The van der Waals surface area contributed by atoms with Gasteiger partial charge in [-0.2, -0.15) is 0 Å². The van der Waals surface area contributed by atoms with E-state index in [1.165, 1.54) is 0 Å². The minimum Gasteiger partial charge on any atom is -0.335 e. The molecule has 1 atom stereocenters. The minimum absolute atomic E-state index is 0.0725. The highest BCUT2D eigenvalue weighted by atomic mass is 16.2. The Labute approximate surface area is 108 Å². The van der Waals surface area contributed by atoms with E-state index in [0.717, 1.165) is 24.9 Å². The van der Waals surface area contributed by atoms with Crippen LogP contribution < -0.4 is 0 Å². The number of benzene rings is 1. The van der Waals surface area contributed by atoms with Crippen LogP contribution in [0.2, 0.25) is 0 Å². The Hall–Kier alpha value is -1.64. The van der Waals surface area contributed by atoms with Crippen LogP contribution in [0.1, 0.15) is 25.3 Å². The number of hydrogen-bond acceptors (Lipinski definition) is 2. The molecule has 0 aliphatic carbocycles. The van der Waals surface area contributed by atoms with Gasteiger partial charge in [0.2, 0.25) is 5.91 Å². The molecular weight excluding hydrogens is 226 g/mol. The van der Waals surface area contributed by atoms with Gasteiger partial charge in [0.15, 0.2) is 5.78 Å². The Morgan fingerprint density at radius 1 is 1.33 bits per heavy atom. The highest BCUT2D eigenvalue weighted by molar-refractivity contribution is 5.88. The summed E-state index contributed by atoms with van der Waals surface area (Å²) in [6, 6.07) is 9.67. The van der Waals surface area contributed by atoms with Crippen molar-refractivity contribution in [1.82, 2.24) is 4.90 Å². The van der Waals surface area contributed by atoms with Crippen LogP contribution in [0.5, 0.6) is 0 Å². The first kappa shape index (κ1) is 12.8. The molecule has 0 radical (unpaired) electrons. The molecule has 1 aliphatic heterocycles. The molecule has 1 aromatic rings. The molecule has 0 saturated carbocycles. The maximum Gasteiger partial charge on any atom is 0.225 e. The van der Waals surface area contributed by atoms with Crippen molar-refractivity contribution < 1.29 is 9.59 Å². The van der Waals surface area contributed by atoms with E-state index in [1.807, 2.05) is 37.3 Å². The van der Waals surface area contributed by atoms with Crippen LogP contribution in [0, 0.1) is 5.92 Å². The van der Waals surface area contributed by atoms with Crippen molar-refractivity contribution in [3.63, 3.8) is 0 Å². The quantitative estimate of drug-likeness (QED) is 0.814. The van der Waals surface area contributed by atoms with Crippen molar-refractivity contribution in [2.75, 3.05) is 13.1 Å². The summed E-state index contributed by atoms with van der Waals surface area (Å²) in [5.41, 5.74) is 1.01. The molecular formula is C15H19NO2. The fraction of sp³-hybridized carbons (Fsp3) is 0.467. The number of nitrogens with zero attached hydrogens (tertiary/aromatic N) is 1. The zero-order chi connectivity index (χ0) is 13.0. The highest BCUT2D eigenvalue weighted by Crippen LogP contribution is 2.17. The molecule has 0 N–H and O–H groups in total. The molecule has 0 aromatic heterocycles. The van der Waals surface area contributed by atoms with Gasteiger partial charge in [-0.05, 0) is 18.4 Å². The van der Waals surface area contributed by atoms with Crippen LogP contribution in [0.3, 0.4) is 0 Å². The van der Waals surface area contributed by atoms with E-state index < -0.39 is 0 Å². The molecule has 2 rings (SSSR count). The molecule has 18 heavy (non-hydrogen) atoms. The largest absolute Gasteiger partial charge is 0.335 e. The molecule has 1 aromatic carbocycles. The summed E-state index contributed by atoms with van der Waals surface area (Å²) in [5, 5.41) is 0. The van der Waals surface area contributed by atoms with E-state index in [4.69, 9.17) is 0 Å². The summed E-state index contributed by atoms with van der Waals surface area (Å²) in [5.74, 6) is 0.314. The van der Waals surface area contributed by atoms with Crippen LogP contribution in [0.15, 0.2) is 30.3 Å². The number of amides is 1. The van der Waals surface area contributed by atoms with E-state index in [1.54, 1.807) is 4.90 Å². The lowest BCUT2D eigenvalue weighted by atomic mass is 9.98. The van der Waals surface area contributed by atoms with Crippen molar-refractivity contribution in [2.45, 2.75) is 26.2 Å². The van der Waals surface area contributed by atoms with Gasteiger partial charge in [0.1, 0.15) is 0 Å². The third-order valence-electron chi connectivity index (χ3n) is 3.41. The summed E-state index contributed by atoms with van der Waals surface area (Å²) in [6.07, 6.45) is 2.37. The van der Waals surface area contributed by atoms with Gasteiger partial charge in [0.05, 0.1) is 6.54 Å². The summed E-state index contributed by atoms with van der Waals surface area (Å²) in [6.45, 7) is 2.93. The van der Waals surface area contributed by atoms with Crippen LogP contribution in [-0.2, 0) is 16.0 Å². The number of carbonyl (C=O) groups excluding carboxylic acids is 2. The van der Waals surface area contributed by atoms with Crippen molar-refractivity contribution in [3.05, 3.63) is 35.9 Å². The van der Waals surface area contributed by atoms with E-state index >= 15 is 0 Å². The Balaban J connectivity index is 1.89. The predicted molar refractivity (Wildman–Crippen MR) is 70.1 cm³/mol. The number of carbonyl (C=O) groups is 2. The predicted octanol–water partition coefficient (Wildman–Crippen LogP) is 2.06. The van der Waals surface area contributed by atoms with Crippen LogP contribution in [-0.4, -0.2) is 29.7 Å². The highest BCUT2D eigenvalue weighted by Gasteiger charge is 2.26. The second-order valence-electron chi connectivity index (χ2n) is 5.00. The smallest absolute Gasteiger partial charge is 0.225 e. The van der Waals surface area contributed by atoms with E-state index in [0.29, 0.717) is 6.42 Å². The number of likely N-dealkylation sites (tertiary alicyclic amines) is 1. The van der Waals surface area contributed by atoms with Gasteiger partial charge in [-0.3, -0.25) is 9.59 Å². The van der Waals surface area contributed by atoms with Crippen molar-refractivity contribution in [3.8, 4) is 0 Å². The number of rotatable bonds is 4. The molecule has 1 saturated heterocycles. The van der Waals surface area contributed by atoms with Crippen molar-refractivity contribution in [2.24, 2.45) is 5.92 Å². The third kappa shape index (κ3) is 3.19. The van der Waals surface area contributed by atoms with E-state index in [-0.39, 0.29) is 24.2 Å². The zero-order valence-electron chi connectivity index (χ0n) is 10.8. The number of Topliss-reactive ketones (excluding diaryl/α,β-unsaturated/α-hetero) is 1. The van der Waals surface area contributed by atoms with E-state index in [9.17, 15) is 9.59 Å². The topological polar surface area (TPSA) is 37.4 Å². The molecule has 0 spiro atoms. The first-order valence-electron chi connectivity index (χ1n) is 6.51. The summed E-state index contributed by atoms with van der Waals surface area (Å²) in [7, 11) is 0. The molecule has 1 fully saturated rings. The van der Waals surface area contributed by atoms with Crippen LogP contribution in [0.4, 0.5) is 0 Å². The number of ketones is 1. The maximum atomic E-state index is 11.9. The van der Waals surface area contributed by atoms with Gasteiger partial charge >= 0.3 is 0 Å². The second kappa shape index (κ2) is 5.80. The first-order chi connectivity index (χ1) is 8.66. The summed E-state index contributed by atoms with van der Waals surface area (Å²) < 4.78 is 0. The first-order valence-corrected chi connectivity index (χ1v) is 6.51. The van der Waals surface area contributed by atoms with Gasteiger partial charge < -0.3 is 4.90 Å². The van der Waals surface area contributed by atoms with Gasteiger partial charge in [-0.25, -0.2) is 0 Å². The van der Waals surface area contributed by atoms with Crippen molar-refractivity contribution >= 4 is 11.7 Å². The fourth-order valence-corrected chi connectivity index (χ4v) is 2.38. The van der Waals surface area contributed by atoms with Gasteiger partial charge in [0.25, 0.3) is 0 Å². The molecule has 0 bridgehead atoms. The zero-order valence-corrected chi connectivity index (χ0v) is 10.8. The van der Waals surface area contributed by atoms with Gasteiger partial charge in [-0.15, -0.1) is 0 Å². The van der Waals surface area contributed by atoms with Crippen molar-refractivity contribution in [1.29, 1.82) is 0 Å². The Kier molecular flexibility index (Phi) is 4.13. The molecule has 1 heterocycles. The lowest BCUT2D eigenvalue weighted by Crippen LogP contribution is -2.43. The minimum atomic E-state index is 0.0725. The Morgan fingerprint density at radius 2 is 2.06 bits per heavy atom. The fourth-order valence-electron chi connectivity index (χ4n) is 2.38. The maximum absolute atomic E-state index is 11.9. The lowest BCUT2D eigenvalue weighted by molar-refractivity contribution is -0.140. The molecule has 3 heteroatoms. The third-order valence-corrected chi connectivity index (χ3v) is 3.41. The monoisotopic (exact) mass is 245 g/mol. The average molecular weight is 245 g/mol. The molecule has 1 unspecified atom stereocenters. The van der Waals surface area contributed by atoms with Crippen LogP contribution >= 0.6 is 0 Å². The lowest BCUT2D eigenvalue weighted by Gasteiger charge is -2.30.